The van der Waals surface area contributed by atoms with Gasteiger partial charge in [-0.3, -0.25) is 4.72 Å². The first-order chi connectivity index (χ1) is 7.95. The van der Waals surface area contributed by atoms with Crippen molar-refractivity contribution >= 4 is 21.8 Å². The Bertz CT molecular complexity index is 516. The summed E-state index contributed by atoms with van der Waals surface area (Å²) in [4.78, 5) is 0.241. The van der Waals surface area contributed by atoms with Gasteiger partial charge in [-0.1, -0.05) is 42.1 Å². The van der Waals surface area contributed by atoms with E-state index >= 15 is 0 Å². The van der Waals surface area contributed by atoms with Crippen molar-refractivity contribution in [2.45, 2.75) is 18.7 Å². The minimum atomic E-state index is -3.51. The van der Waals surface area contributed by atoms with Crippen molar-refractivity contribution in [3.63, 3.8) is 0 Å². The van der Waals surface area contributed by atoms with Gasteiger partial charge >= 0.3 is 0 Å². The zero-order valence-corrected chi connectivity index (χ0v) is 11.4. The van der Waals surface area contributed by atoms with Crippen LogP contribution in [-0.2, 0) is 10.0 Å². The van der Waals surface area contributed by atoms with Crippen LogP contribution in [0, 0.1) is 6.92 Å². The molecule has 17 heavy (non-hydrogen) atoms. The van der Waals surface area contributed by atoms with Gasteiger partial charge in [-0.25, -0.2) is 8.42 Å². The van der Waals surface area contributed by atoms with Gasteiger partial charge in [0.1, 0.15) is 0 Å². The number of rotatable bonds is 5. The van der Waals surface area contributed by atoms with Crippen molar-refractivity contribution in [1.29, 1.82) is 0 Å². The van der Waals surface area contributed by atoms with Crippen LogP contribution in [0.5, 0.6) is 0 Å². The zero-order chi connectivity index (χ0) is 12.9. The molecule has 0 spiro atoms. The zero-order valence-electron chi connectivity index (χ0n) is 9.80. The van der Waals surface area contributed by atoms with E-state index in [0.717, 1.165) is 5.56 Å². The maximum absolute atomic E-state index is 11.9. The lowest BCUT2D eigenvalue weighted by Gasteiger charge is -2.08. The van der Waals surface area contributed by atoms with Crippen LogP contribution in [0.3, 0.4) is 0 Å². The number of nitrogens with one attached hydrogen (secondary N) is 1. The second kappa shape index (κ2) is 5.93. The van der Waals surface area contributed by atoms with Gasteiger partial charge in [0.25, 0.3) is 10.0 Å². The van der Waals surface area contributed by atoms with Crippen LogP contribution in [0.2, 0.25) is 0 Å². The molecule has 5 heteroatoms. The minimum Gasteiger partial charge on any atom is -0.274 e. The first-order valence-corrected chi connectivity index (χ1v) is 7.38. The maximum Gasteiger partial charge on any atom is 0.262 e. The number of aryl methyl sites for hydroxylation is 1. The van der Waals surface area contributed by atoms with Crippen molar-refractivity contribution < 1.29 is 8.42 Å². The molecule has 0 atom stereocenters. The molecule has 1 N–H and O–H groups in total. The van der Waals surface area contributed by atoms with E-state index in [2.05, 4.69) is 11.3 Å². The molecule has 0 amide bonds. The highest BCUT2D eigenvalue weighted by atomic mass is 32.2. The fraction of sp³-hybridized carbons (Fsp3) is 0.167. The van der Waals surface area contributed by atoms with E-state index in [1.54, 1.807) is 29.7 Å². The van der Waals surface area contributed by atoms with Crippen LogP contribution < -0.4 is 4.72 Å². The lowest BCUT2D eigenvalue weighted by Crippen LogP contribution is -2.21. The van der Waals surface area contributed by atoms with Crippen molar-refractivity contribution in [2.24, 2.45) is 0 Å². The molecule has 0 heterocycles. The quantitative estimate of drug-likeness (QED) is 0.893. The summed E-state index contributed by atoms with van der Waals surface area (Å²) in [5.74, 6) is 0. The first kappa shape index (κ1) is 13.9. The molecule has 0 saturated carbocycles. The molecule has 1 rings (SSSR count). The molecule has 0 aliphatic heterocycles. The summed E-state index contributed by atoms with van der Waals surface area (Å²) in [6.07, 6.45) is 1.82. The predicted octanol–water partition coefficient (Wildman–Crippen LogP) is 3.01. The second-order valence-electron chi connectivity index (χ2n) is 3.43. The Hall–Kier alpha value is -1.20. The monoisotopic (exact) mass is 269 g/mol. The highest BCUT2D eigenvalue weighted by molar-refractivity contribution is 8.06. The molecule has 0 aliphatic carbocycles. The summed E-state index contributed by atoms with van der Waals surface area (Å²) in [5.41, 5.74) is 1.02. The van der Waals surface area contributed by atoms with Crippen LogP contribution >= 0.6 is 11.8 Å². The average Bonchev–Trinajstić information content (AvgIpc) is 2.26. The number of benzene rings is 1. The number of allylic oxidation sites excluding steroid dienone is 1. The topological polar surface area (TPSA) is 46.2 Å². The largest absolute Gasteiger partial charge is 0.274 e. The lowest BCUT2D eigenvalue weighted by molar-refractivity contribution is 0.590. The van der Waals surface area contributed by atoms with E-state index in [4.69, 9.17) is 0 Å². The van der Waals surface area contributed by atoms with Gasteiger partial charge in [0.15, 0.2) is 0 Å². The van der Waals surface area contributed by atoms with E-state index in [-0.39, 0.29) is 4.90 Å². The Morgan fingerprint density at radius 1 is 1.35 bits per heavy atom. The summed E-state index contributed by atoms with van der Waals surface area (Å²) in [7, 11) is -3.51. The molecule has 3 nitrogen and oxygen atoms in total. The van der Waals surface area contributed by atoms with Gasteiger partial charge in [0, 0.05) is 0 Å². The third-order valence-corrected chi connectivity index (χ3v) is 4.26. The smallest absolute Gasteiger partial charge is 0.262 e. The summed E-state index contributed by atoms with van der Waals surface area (Å²) in [6.45, 7) is 7.41. The summed E-state index contributed by atoms with van der Waals surface area (Å²) in [6, 6.07) is 6.67. The van der Waals surface area contributed by atoms with Gasteiger partial charge in [0.05, 0.1) is 9.92 Å². The van der Waals surface area contributed by atoms with Gasteiger partial charge in [-0.15, -0.1) is 0 Å². The molecular weight excluding hydrogens is 254 g/mol. The van der Waals surface area contributed by atoms with Crippen molar-refractivity contribution in [3.8, 4) is 0 Å². The number of hydrogen-bond acceptors (Lipinski definition) is 3. The standard InChI is InChI=1S/C12H15NO2S2/c1-4-9-16-11(3)13-17(14,15)12-7-5-10(2)6-8-12/h4-9,13H,3H2,1-2H3/b9-4-. The summed E-state index contributed by atoms with van der Waals surface area (Å²) in [5, 5.41) is 2.14. The Kier molecular flexibility index (Phi) is 4.84. The van der Waals surface area contributed by atoms with Gasteiger partial charge in [0.2, 0.25) is 0 Å². The number of hydrogen-bond donors (Lipinski definition) is 1. The molecule has 0 unspecified atom stereocenters. The summed E-state index contributed by atoms with van der Waals surface area (Å²) < 4.78 is 26.2. The number of sulfonamides is 1. The van der Waals surface area contributed by atoms with Gasteiger partial charge in [-0.2, -0.15) is 0 Å². The first-order valence-electron chi connectivity index (χ1n) is 5.02. The van der Waals surface area contributed by atoms with Crippen LogP contribution in [-0.4, -0.2) is 8.42 Å². The Morgan fingerprint density at radius 2 is 1.94 bits per heavy atom. The fourth-order valence-corrected chi connectivity index (χ4v) is 2.83. The molecule has 0 bridgehead atoms. The molecule has 92 valence electrons. The van der Waals surface area contributed by atoms with Crippen LogP contribution in [0.4, 0.5) is 0 Å². The van der Waals surface area contributed by atoms with Crippen LogP contribution in [0.15, 0.2) is 52.3 Å². The van der Waals surface area contributed by atoms with Crippen LogP contribution in [0.1, 0.15) is 12.5 Å². The Labute approximate surface area is 107 Å². The maximum atomic E-state index is 11.9. The molecule has 1 aromatic carbocycles. The molecule has 0 radical (unpaired) electrons. The summed E-state index contributed by atoms with van der Waals surface area (Å²) >= 11 is 1.24. The van der Waals surface area contributed by atoms with E-state index in [1.807, 2.05) is 19.9 Å². The van der Waals surface area contributed by atoms with E-state index < -0.39 is 10.0 Å². The van der Waals surface area contributed by atoms with Crippen LogP contribution in [0.25, 0.3) is 0 Å². The lowest BCUT2D eigenvalue weighted by atomic mass is 10.2. The van der Waals surface area contributed by atoms with Crippen molar-refractivity contribution in [1.82, 2.24) is 4.72 Å². The van der Waals surface area contributed by atoms with Gasteiger partial charge in [-0.05, 0) is 31.4 Å². The second-order valence-corrected chi connectivity index (χ2v) is 6.11. The minimum absolute atomic E-state index is 0.241. The predicted molar refractivity (Wildman–Crippen MR) is 73.0 cm³/mol. The third-order valence-electron chi connectivity index (χ3n) is 1.93. The SMILES string of the molecule is C=C(NS(=O)(=O)c1ccc(C)cc1)S/C=C\C. The highest BCUT2D eigenvalue weighted by Crippen LogP contribution is 2.16. The normalized spacial score (nSPS) is 11.6. The number of thioether (sulfide) groups is 1. The molecule has 0 saturated heterocycles. The molecule has 0 aliphatic rings. The Balaban J connectivity index is 2.82. The molecule has 0 fully saturated rings. The average molecular weight is 269 g/mol. The molecular formula is C12H15NO2S2. The highest BCUT2D eigenvalue weighted by Gasteiger charge is 2.13. The molecule has 1 aromatic rings. The molecule has 0 aromatic heterocycles. The van der Waals surface area contributed by atoms with Crippen molar-refractivity contribution in [3.05, 3.63) is 52.9 Å². The fourth-order valence-electron chi connectivity index (χ4n) is 1.10. The Morgan fingerprint density at radius 3 is 2.47 bits per heavy atom. The third kappa shape index (κ3) is 4.28. The van der Waals surface area contributed by atoms with Crippen molar-refractivity contribution in [2.75, 3.05) is 0 Å². The van der Waals surface area contributed by atoms with E-state index in [1.165, 1.54) is 11.8 Å². The van der Waals surface area contributed by atoms with Gasteiger partial charge < -0.3 is 0 Å². The van der Waals surface area contributed by atoms with E-state index in [9.17, 15) is 8.42 Å². The van der Waals surface area contributed by atoms with E-state index in [0.29, 0.717) is 5.03 Å².